The normalized spacial score (nSPS) is 10.5. The minimum Gasteiger partial charge on any atom is -0.456 e. The maximum Gasteiger partial charge on any atom is 0.291 e. The van der Waals surface area contributed by atoms with Gasteiger partial charge in [0.1, 0.15) is 5.76 Å². The van der Waals surface area contributed by atoms with Crippen LogP contribution in [0.5, 0.6) is 0 Å². The second kappa shape index (κ2) is 5.48. The van der Waals surface area contributed by atoms with E-state index in [4.69, 9.17) is 10.2 Å². The summed E-state index contributed by atoms with van der Waals surface area (Å²) in [6.45, 7) is 3.90. The molecule has 0 bridgehead atoms. The fraction of sp³-hybridized carbons (Fsp3) is 0.214. The number of hydrogen-bond acceptors (Lipinski definition) is 3. The van der Waals surface area contributed by atoms with Crippen LogP contribution in [0, 0.1) is 6.92 Å². The Balaban J connectivity index is 2.24. The number of anilines is 2. The van der Waals surface area contributed by atoms with Crippen LogP contribution in [0.3, 0.4) is 0 Å². The molecule has 0 aliphatic heterocycles. The Morgan fingerprint density at radius 1 is 1.42 bits per heavy atom. The Morgan fingerprint density at radius 2 is 2.16 bits per heavy atom. The number of rotatable bonds is 3. The molecule has 100 valence electrons. The molecule has 3 N–H and O–H groups in total. The van der Waals surface area contributed by atoms with E-state index in [9.17, 15) is 4.79 Å². The molecule has 1 aromatic carbocycles. The van der Waals surface area contributed by atoms with E-state index in [-0.39, 0.29) is 11.7 Å². The molecule has 19 heavy (non-hydrogen) atoms. The zero-order valence-electron chi connectivity index (χ0n) is 10.8. The molecule has 1 heterocycles. The van der Waals surface area contributed by atoms with Crippen LogP contribution in [0.25, 0.3) is 0 Å². The van der Waals surface area contributed by atoms with Crippen LogP contribution in [0.2, 0.25) is 0 Å². The number of carbonyl (C=O) groups excluding carboxylic acids is 1. The van der Waals surface area contributed by atoms with Crippen molar-refractivity contribution in [3.63, 3.8) is 0 Å². The Hall–Kier alpha value is -1.75. The summed E-state index contributed by atoms with van der Waals surface area (Å²) in [7, 11) is 0. The zero-order chi connectivity index (χ0) is 14.0. The van der Waals surface area contributed by atoms with Gasteiger partial charge in [-0.3, -0.25) is 4.79 Å². The van der Waals surface area contributed by atoms with Crippen LogP contribution < -0.4 is 11.1 Å². The second-order valence-electron chi connectivity index (χ2n) is 4.28. The van der Waals surface area contributed by atoms with Gasteiger partial charge in [-0.2, -0.15) is 0 Å². The lowest BCUT2D eigenvalue weighted by Gasteiger charge is -2.10. The summed E-state index contributed by atoms with van der Waals surface area (Å²) in [4.78, 5) is 12.1. The highest BCUT2D eigenvalue weighted by atomic mass is 79.9. The van der Waals surface area contributed by atoms with Crippen molar-refractivity contribution in [3.8, 4) is 0 Å². The van der Waals surface area contributed by atoms with Crippen molar-refractivity contribution < 1.29 is 9.21 Å². The number of hydrogen-bond donors (Lipinski definition) is 2. The van der Waals surface area contributed by atoms with E-state index in [1.165, 1.54) is 0 Å². The molecular formula is C14H15BrN2O2. The highest BCUT2D eigenvalue weighted by Gasteiger charge is 2.14. The molecular weight excluding hydrogens is 308 g/mol. The molecule has 0 atom stereocenters. The SMILES string of the molecule is CCc1ccc(C(=O)Nc2c(N)cc(C)cc2Br)o1. The minimum absolute atomic E-state index is 0.281. The molecule has 0 aliphatic carbocycles. The maximum atomic E-state index is 12.1. The highest BCUT2D eigenvalue weighted by Crippen LogP contribution is 2.30. The van der Waals surface area contributed by atoms with E-state index < -0.39 is 0 Å². The maximum absolute atomic E-state index is 12.1. The predicted molar refractivity (Wildman–Crippen MR) is 79.3 cm³/mol. The van der Waals surface area contributed by atoms with Crippen LogP contribution in [0.15, 0.2) is 33.2 Å². The monoisotopic (exact) mass is 322 g/mol. The first-order valence-electron chi connectivity index (χ1n) is 5.97. The van der Waals surface area contributed by atoms with E-state index in [2.05, 4.69) is 21.2 Å². The molecule has 0 unspecified atom stereocenters. The quantitative estimate of drug-likeness (QED) is 0.845. The highest BCUT2D eigenvalue weighted by molar-refractivity contribution is 9.10. The van der Waals surface area contributed by atoms with Crippen molar-refractivity contribution in [1.29, 1.82) is 0 Å². The Labute approximate surface area is 120 Å². The lowest BCUT2D eigenvalue weighted by molar-refractivity contribution is 0.0995. The summed E-state index contributed by atoms with van der Waals surface area (Å²) in [6, 6.07) is 7.15. The lowest BCUT2D eigenvalue weighted by Crippen LogP contribution is -2.13. The second-order valence-corrected chi connectivity index (χ2v) is 5.14. The van der Waals surface area contributed by atoms with Gasteiger partial charge in [0, 0.05) is 10.9 Å². The summed E-state index contributed by atoms with van der Waals surface area (Å²) >= 11 is 3.39. The van der Waals surface area contributed by atoms with Gasteiger partial charge in [-0.25, -0.2) is 0 Å². The summed E-state index contributed by atoms with van der Waals surface area (Å²) in [6.07, 6.45) is 0.754. The lowest BCUT2D eigenvalue weighted by atomic mass is 10.2. The molecule has 0 saturated heterocycles. The molecule has 0 saturated carbocycles. The molecule has 4 nitrogen and oxygen atoms in total. The topological polar surface area (TPSA) is 68.3 Å². The van der Waals surface area contributed by atoms with Crippen molar-refractivity contribution in [1.82, 2.24) is 0 Å². The Kier molecular flexibility index (Phi) is 3.95. The van der Waals surface area contributed by atoms with Crippen LogP contribution >= 0.6 is 15.9 Å². The van der Waals surface area contributed by atoms with E-state index in [1.807, 2.05) is 19.9 Å². The third-order valence-electron chi connectivity index (χ3n) is 2.74. The molecule has 1 aromatic heterocycles. The van der Waals surface area contributed by atoms with Gasteiger partial charge in [0.15, 0.2) is 5.76 Å². The molecule has 0 aliphatic rings. The average Bonchev–Trinajstić information content (AvgIpc) is 2.82. The van der Waals surface area contributed by atoms with Crippen molar-refractivity contribution >= 4 is 33.2 Å². The Morgan fingerprint density at radius 3 is 2.74 bits per heavy atom. The van der Waals surface area contributed by atoms with E-state index in [0.29, 0.717) is 11.4 Å². The molecule has 2 aromatic rings. The first-order chi connectivity index (χ1) is 9.01. The van der Waals surface area contributed by atoms with Gasteiger partial charge in [0.05, 0.1) is 11.4 Å². The fourth-order valence-corrected chi connectivity index (χ4v) is 2.46. The number of halogens is 1. The molecule has 0 spiro atoms. The third-order valence-corrected chi connectivity index (χ3v) is 3.36. The van der Waals surface area contributed by atoms with Crippen molar-refractivity contribution in [2.75, 3.05) is 11.1 Å². The van der Waals surface area contributed by atoms with E-state index in [1.54, 1.807) is 18.2 Å². The first-order valence-corrected chi connectivity index (χ1v) is 6.76. The largest absolute Gasteiger partial charge is 0.456 e. The summed E-state index contributed by atoms with van der Waals surface area (Å²) in [5, 5.41) is 2.75. The number of aryl methyl sites for hydroxylation is 2. The smallest absolute Gasteiger partial charge is 0.291 e. The number of amides is 1. The first kappa shape index (κ1) is 13.7. The Bertz CT molecular complexity index is 597. The summed E-state index contributed by atoms with van der Waals surface area (Å²) in [5.74, 6) is 0.751. The number of nitrogen functional groups attached to an aromatic ring is 1. The molecule has 5 heteroatoms. The van der Waals surface area contributed by atoms with Gasteiger partial charge in [-0.15, -0.1) is 0 Å². The van der Waals surface area contributed by atoms with Crippen LogP contribution in [-0.4, -0.2) is 5.91 Å². The van der Waals surface area contributed by atoms with Crippen LogP contribution in [0.4, 0.5) is 11.4 Å². The third kappa shape index (κ3) is 2.98. The van der Waals surface area contributed by atoms with Crippen molar-refractivity contribution in [3.05, 3.63) is 45.8 Å². The van der Waals surface area contributed by atoms with Gasteiger partial charge < -0.3 is 15.5 Å². The number of carbonyl (C=O) groups is 1. The molecule has 0 radical (unpaired) electrons. The van der Waals surface area contributed by atoms with Crippen LogP contribution in [0.1, 0.15) is 28.8 Å². The fourth-order valence-electron chi connectivity index (χ4n) is 1.77. The summed E-state index contributed by atoms with van der Waals surface area (Å²) < 4.78 is 6.15. The number of furan rings is 1. The van der Waals surface area contributed by atoms with Crippen molar-refractivity contribution in [2.24, 2.45) is 0 Å². The number of benzene rings is 1. The molecule has 1 amide bonds. The van der Waals surface area contributed by atoms with Gasteiger partial charge in [-0.1, -0.05) is 6.92 Å². The van der Waals surface area contributed by atoms with Gasteiger partial charge in [0.2, 0.25) is 0 Å². The standard InChI is InChI=1S/C14H15BrN2O2/c1-3-9-4-5-12(19-9)14(18)17-13-10(15)6-8(2)7-11(13)16/h4-7H,3,16H2,1-2H3,(H,17,18). The van der Waals surface area contributed by atoms with Gasteiger partial charge >= 0.3 is 0 Å². The van der Waals surface area contributed by atoms with E-state index >= 15 is 0 Å². The average molecular weight is 323 g/mol. The van der Waals surface area contributed by atoms with Crippen molar-refractivity contribution in [2.45, 2.75) is 20.3 Å². The van der Waals surface area contributed by atoms with Gasteiger partial charge in [-0.05, 0) is 52.7 Å². The zero-order valence-corrected chi connectivity index (χ0v) is 12.4. The van der Waals surface area contributed by atoms with Gasteiger partial charge in [0.25, 0.3) is 5.91 Å². The van der Waals surface area contributed by atoms with Crippen LogP contribution in [-0.2, 0) is 6.42 Å². The number of nitrogens with one attached hydrogen (secondary N) is 1. The van der Waals surface area contributed by atoms with E-state index in [0.717, 1.165) is 22.2 Å². The number of nitrogens with two attached hydrogens (primary N) is 1. The minimum atomic E-state index is -0.309. The molecule has 2 rings (SSSR count). The molecule has 0 fully saturated rings. The summed E-state index contributed by atoms with van der Waals surface area (Å²) in [5.41, 5.74) is 8.00. The predicted octanol–water partition coefficient (Wildman–Crippen LogP) is 3.75.